The first-order valence-electron chi connectivity index (χ1n) is 16.9. The van der Waals surface area contributed by atoms with Crippen molar-refractivity contribution in [2.45, 2.75) is 157 Å². The molecule has 0 N–H and O–H groups in total. The molecule has 0 aromatic heterocycles. The van der Waals surface area contributed by atoms with Gasteiger partial charge in [0.05, 0.1) is 6.10 Å². The van der Waals surface area contributed by atoms with Crippen LogP contribution < -0.4 is 0 Å². The van der Waals surface area contributed by atoms with Crippen LogP contribution in [0.4, 0.5) is 0 Å². The molecule has 3 fully saturated rings. The van der Waals surface area contributed by atoms with E-state index < -0.39 is 8.32 Å². The molecule has 0 aromatic carbocycles. The number of allylic oxidation sites excluding steroid dienone is 4. The van der Waals surface area contributed by atoms with E-state index in [-0.39, 0.29) is 34.0 Å². The Morgan fingerprint density at radius 2 is 1.66 bits per heavy atom. The van der Waals surface area contributed by atoms with Crippen LogP contribution in [-0.2, 0) is 13.9 Å². The molecule has 0 spiro atoms. The molecule has 0 amide bonds. The van der Waals surface area contributed by atoms with E-state index in [0.717, 1.165) is 30.6 Å². The Kier molecular flexibility index (Phi) is 8.09. The highest BCUT2D eigenvalue weighted by Gasteiger charge is 2.57. The molecule has 41 heavy (non-hydrogen) atoms. The van der Waals surface area contributed by atoms with Crippen molar-refractivity contribution in [2.75, 3.05) is 0 Å². The predicted molar refractivity (Wildman–Crippen MR) is 174 cm³/mol. The summed E-state index contributed by atoms with van der Waals surface area (Å²) in [6, 6.07) is 0. The maximum absolute atomic E-state index is 6.86. The number of hydrogen-bond donors (Lipinski definition) is 0. The number of fused-ring (bicyclic) bond motifs is 5. The van der Waals surface area contributed by atoms with Gasteiger partial charge in [0.1, 0.15) is 0 Å². The molecule has 1 aliphatic heterocycles. The zero-order valence-electron chi connectivity index (χ0n) is 28.7. The van der Waals surface area contributed by atoms with Gasteiger partial charge in [-0.15, -0.1) is 0 Å². The van der Waals surface area contributed by atoms with E-state index in [1.54, 1.807) is 11.1 Å². The minimum atomic E-state index is -1.79. The van der Waals surface area contributed by atoms with Crippen LogP contribution >= 0.6 is 0 Å². The first-order chi connectivity index (χ1) is 18.8. The van der Waals surface area contributed by atoms with Crippen molar-refractivity contribution in [1.82, 2.24) is 0 Å². The van der Waals surface area contributed by atoms with Crippen LogP contribution in [0.3, 0.4) is 0 Å². The molecule has 2 saturated carbocycles. The van der Waals surface area contributed by atoms with Crippen LogP contribution in [0.1, 0.15) is 121 Å². The first kappa shape index (κ1) is 31.7. The van der Waals surface area contributed by atoms with Gasteiger partial charge in [0.15, 0.2) is 20.4 Å². The second kappa shape index (κ2) is 10.5. The van der Waals surface area contributed by atoms with Gasteiger partial charge >= 0.3 is 0 Å². The van der Waals surface area contributed by atoms with Crippen molar-refractivity contribution < 1.29 is 13.9 Å². The molecule has 3 nitrogen and oxygen atoms in total. The van der Waals surface area contributed by atoms with Gasteiger partial charge in [0.25, 0.3) is 0 Å². The lowest BCUT2D eigenvalue weighted by Gasteiger charge is -2.54. The Morgan fingerprint density at radius 1 is 0.976 bits per heavy atom. The molecule has 0 unspecified atom stereocenters. The van der Waals surface area contributed by atoms with Gasteiger partial charge in [-0.2, -0.15) is 0 Å². The van der Waals surface area contributed by atoms with Gasteiger partial charge in [-0.25, -0.2) is 0 Å². The smallest absolute Gasteiger partial charge is 0.192 e. The summed E-state index contributed by atoms with van der Waals surface area (Å²) in [5.41, 5.74) is 4.01. The second-order valence-electron chi connectivity index (χ2n) is 17.9. The van der Waals surface area contributed by atoms with Crippen molar-refractivity contribution in [2.24, 2.45) is 39.9 Å². The SMILES string of the molecule is C[C@@H](CCCC1(C)OC(C(C)(C)C)O1)[C@H]1CC[C@H]2C3=CC=C4C[C@@H](O[Si](C)(C)C(C)(C)C)C=C[C@]4(C)[C@H]3CC[C@]12C. The molecule has 4 aliphatic carbocycles. The van der Waals surface area contributed by atoms with E-state index in [9.17, 15) is 0 Å². The zero-order chi connectivity index (χ0) is 30.2. The topological polar surface area (TPSA) is 27.7 Å². The number of ether oxygens (including phenoxy) is 2. The summed E-state index contributed by atoms with van der Waals surface area (Å²) < 4.78 is 19.3. The summed E-state index contributed by atoms with van der Waals surface area (Å²) in [5.74, 6) is 2.57. The minimum Gasteiger partial charge on any atom is -0.410 e. The monoisotopic (exact) mass is 582 g/mol. The summed E-state index contributed by atoms with van der Waals surface area (Å²) in [4.78, 5) is 0. The van der Waals surface area contributed by atoms with Crippen molar-refractivity contribution in [1.29, 1.82) is 0 Å². The van der Waals surface area contributed by atoms with Crippen molar-refractivity contribution >= 4 is 8.32 Å². The lowest BCUT2D eigenvalue weighted by atomic mass is 9.51. The summed E-state index contributed by atoms with van der Waals surface area (Å²) in [6.45, 7) is 28.2. The van der Waals surface area contributed by atoms with E-state index in [0.29, 0.717) is 11.3 Å². The fourth-order valence-corrected chi connectivity index (χ4v) is 10.3. The third kappa shape index (κ3) is 5.66. The summed E-state index contributed by atoms with van der Waals surface area (Å²) in [6.07, 6.45) is 20.2. The van der Waals surface area contributed by atoms with Gasteiger partial charge in [0, 0.05) is 17.3 Å². The lowest BCUT2D eigenvalue weighted by Crippen LogP contribution is -2.56. The molecule has 1 heterocycles. The van der Waals surface area contributed by atoms with Gasteiger partial charge in [0.2, 0.25) is 0 Å². The normalized spacial score (nSPS) is 41.5. The van der Waals surface area contributed by atoms with Crippen molar-refractivity contribution in [3.63, 3.8) is 0 Å². The second-order valence-corrected chi connectivity index (χ2v) is 22.6. The molecule has 0 radical (unpaired) electrons. The highest BCUT2D eigenvalue weighted by atomic mass is 28.4. The van der Waals surface area contributed by atoms with Crippen LogP contribution in [-0.4, -0.2) is 26.5 Å². The van der Waals surface area contributed by atoms with E-state index >= 15 is 0 Å². The van der Waals surface area contributed by atoms with Crippen molar-refractivity contribution in [3.8, 4) is 0 Å². The maximum Gasteiger partial charge on any atom is 0.192 e. The highest BCUT2D eigenvalue weighted by Crippen LogP contribution is 2.65. The fourth-order valence-electron chi connectivity index (χ4n) is 9.07. The molecule has 0 aromatic rings. The average Bonchev–Trinajstić information content (AvgIpc) is 3.18. The first-order valence-corrected chi connectivity index (χ1v) is 19.8. The lowest BCUT2D eigenvalue weighted by molar-refractivity contribution is -0.469. The Balaban J connectivity index is 1.23. The van der Waals surface area contributed by atoms with Crippen LogP contribution in [0.5, 0.6) is 0 Å². The third-order valence-electron chi connectivity index (χ3n) is 12.8. The van der Waals surface area contributed by atoms with Crippen LogP contribution in [0.25, 0.3) is 0 Å². The molecule has 5 rings (SSSR count). The summed E-state index contributed by atoms with van der Waals surface area (Å²) >= 11 is 0. The van der Waals surface area contributed by atoms with Gasteiger partial charge in [-0.1, -0.05) is 104 Å². The van der Waals surface area contributed by atoms with Crippen LogP contribution in [0, 0.1) is 39.9 Å². The summed E-state index contributed by atoms with van der Waals surface area (Å²) in [7, 11) is -1.79. The van der Waals surface area contributed by atoms with Crippen molar-refractivity contribution in [3.05, 3.63) is 35.5 Å². The Morgan fingerprint density at radius 3 is 2.29 bits per heavy atom. The standard InChI is InChI=1S/C37H62O3Si/c1-25(14-13-21-37(10)38-32(39-37)33(2,3)4)29-17-18-30-28-16-15-26-24-27(40-41(11,12)34(5,6)7)19-22-35(26,8)31(28)20-23-36(29,30)9/h15-16,19,22,25,27,29-32H,13-14,17-18,20-21,23-24H2,1-12H3/t25-,27-,29+,30-,31-,32?,35-,36+,37?/m0/s1. The molecule has 5 aliphatic rings. The molecule has 1 saturated heterocycles. The van der Waals surface area contributed by atoms with Crippen LogP contribution in [0.15, 0.2) is 35.5 Å². The maximum atomic E-state index is 6.86. The Bertz CT molecular complexity index is 1080. The Labute approximate surface area is 254 Å². The quantitative estimate of drug-likeness (QED) is 0.221. The van der Waals surface area contributed by atoms with Crippen LogP contribution in [0.2, 0.25) is 18.1 Å². The van der Waals surface area contributed by atoms with Gasteiger partial charge in [-0.3, -0.25) is 0 Å². The Hall–Kier alpha value is -0.683. The predicted octanol–water partition coefficient (Wildman–Crippen LogP) is 10.6. The van der Waals surface area contributed by atoms with E-state index in [4.69, 9.17) is 13.9 Å². The molecule has 0 bridgehead atoms. The van der Waals surface area contributed by atoms with E-state index in [1.165, 1.54) is 38.5 Å². The minimum absolute atomic E-state index is 0.0492. The molecule has 7 atom stereocenters. The number of rotatable bonds is 7. The summed E-state index contributed by atoms with van der Waals surface area (Å²) in [5, 5.41) is 0.242. The molecular formula is C37H62O3Si. The third-order valence-corrected chi connectivity index (χ3v) is 17.3. The number of hydrogen-bond acceptors (Lipinski definition) is 3. The largest absolute Gasteiger partial charge is 0.410 e. The van der Waals surface area contributed by atoms with Gasteiger partial charge < -0.3 is 13.9 Å². The van der Waals surface area contributed by atoms with Gasteiger partial charge in [-0.05, 0) is 92.7 Å². The molecule has 4 heteroatoms. The van der Waals surface area contributed by atoms with E-state index in [2.05, 4.69) is 107 Å². The average molecular weight is 583 g/mol. The fraction of sp³-hybridized carbons (Fsp3) is 0.838. The van der Waals surface area contributed by atoms with E-state index in [1.807, 2.05) is 0 Å². The zero-order valence-corrected chi connectivity index (χ0v) is 29.7. The highest BCUT2D eigenvalue weighted by molar-refractivity contribution is 6.74. The molecular weight excluding hydrogens is 520 g/mol. The molecule has 232 valence electrons.